The second kappa shape index (κ2) is 7.70. The Kier molecular flexibility index (Phi) is 5.38. The van der Waals surface area contributed by atoms with E-state index in [0.717, 1.165) is 27.6 Å². The number of nitrogens with one attached hydrogen (secondary N) is 1. The van der Waals surface area contributed by atoms with Gasteiger partial charge in [0.2, 0.25) is 5.91 Å². The molecular weight excluding hydrogens is 382 g/mol. The quantitative estimate of drug-likeness (QED) is 0.678. The van der Waals surface area contributed by atoms with Crippen LogP contribution < -0.4 is 11.0 Å². The van der Waals surface area contributed by atoms with Gasteiger partial charge in [-0.15, -0.1) is 0 Å². The van der Waals surface area contributed by atoms with Gasteiger partial charge in [0, 0.05) is 24.0 Å². The Morgan fingerprint density at radius 2 is 1.60 bits per heavy atom. The van der Waals surface area contributed by atoms with Crippen molar-refractivity contribution in [3.63, 3.8) is 0 Å². The summed E-state index contributed by atoms with van der Waals surface area (Å²) in [7, 11) is 0. The summed E-state index contributed by atoms with van der Waals surface area (Å²) in [4.78, 5) is 25.0. The molecule has 0 radical (unpaired) electrons. The number of hydrogen-bond donors (Lipinski definition) is 1. The van der Waals surface area contributed by atoms with E-state index in [2.05, 4.69) is 21.2 Å². The minimum absolute atomic E-state index is 0.0586. The number of para-hydroxylation sites is 3. The number of nitrogens with zero attached hydrogens (tertiary/aromatic N) is 2. The largest absolute Gasteiger partial charge is 0.329 e. The van der Waals surface area contributed by atoms with E-state index in [1.54, 1.807) is 9.13 Å². The molecule has 2 aromatic carbocycles. The molecule has 0 unspecified atom stereocenters. The Morgan fingerprint density at radius 3 is 2.24 bits per heavy atom. The summed E-state index contributed by atoms with van der Waals surface area (Å²) in [6.07, 6.45) is 1.12. The number of anilines is 1. The molecule has 0 fully saturated rings. The van der Waals surface area contributed by atoms with Crippen molar-refractivity contribution in [3.8, 4) is 0 Å². The minimum atomic E-state index is -0.119. The standard InChI is InChI=1S/C19H20BrN3O2/c1-2-12-22-16-9-5-6-10-17(16)23(19(22)25)13-11-18(24)21-15-8-4-3-7-14(15)20/h3-10H,2,11-13H2,1H3,(H,21,24). The highest BCUT2D eigenvalue weighted by Crippen LogP contribution is 2.21. The Balaban J connectivity index is 1.79. The average Bonchev–Trinajstić information content (AvgIpc) is 2.88. The zero-order valence-electron chi connectivity index (χ0n) is 14.0. The maximum atomic E-state index is 12.7. The van der Waals surface area contributed by atoms with Gasteiger partial charge in [-0.3, -0.25) is 13.9 Å². The molecule has 1 heterocycles. The molecule has 25 heavy (non-hydrogen) atoms. The Labute approximate surface area is 154 Å². The summed E-state index contributed by atoms with van der Waals surface area (Å²) in [5.74, 6) is -0.119. The molecular formula is C19H20BrN3O2. The second-order valence-electron chi connectivity index (χ2n) is 5.85. The van der Waals surface area contributed by atoms with Crippen LogP contribution in [0, 0.1) is 0 Å². The number of carbonyl (C=O) groups is 1. The van der Waals surface area contributed by atoms with Crippen LogP contribution in [0.25, 0.3) is 11.0 Å². The number of halogens is 1. The minimum Gasteiger partial charge on any atom is -0.325 e. The summed E-state index contributed by atoms with van der Waals surface area (Å²) in [6, 6.07) is 15.2. The maximum Gasteiger partial charge on any atom is 0.329 e. The highest BCUT2D eigenvalue weighted by atomic mass is 79.9. The zero-order valence-corrected chi connectivity index (χ0v) is 15.6. The third-order valence-electron chi connectivity index (χ3n) is 4.08. The predicted octanol–water partition coefficient (Wildman–Crippen LogP) is 4.00. The number of imidazole rings is 1. The van der Waals surface area contributed by atoms with E-state index >= 15 is 0 Å². The van der Waals surface area contributed by atoms with Crippen molar-refractivity contribution in [2.24, 2.45) is 0 Å². The number of rotatable bonds is 6. The lowest BCUT2D eigenvalue weighted by atomic mass is 10.3. The fourth-order valence-corrected chi connectivity index (χ4v) is 3.30. The van der Waals surface area contributed by atoms with Gasteiger partial charge in [-0.25, -0.2) is 4.79 Å². The van der Waals surface area contributed by atoms with E-state index in [1.165, 1.54) is 0 Å². The number of fused-ring (bicyclic) bond motifs is 1. The van der Waals surface area contributed by atoms with Gasteiger partial charge in [-0.05, 0) is 46.6 Å². The Morgan fingerprint density at radius 1 is 1.00 bits per heavy atom. The topological polar surface area (TPSA) is 56.0 Å². The van der Waals surface area contributed by atoms with Crippen LogP contribution in [0.15, 0.2) is 57.8 Å². The summed E-state index contributed by atoms with van der Waals surface area (Å²) in [5, 5.41) is 2.87. The fraction of sp³-hybridized carbons (Fsp3) is 0.263. The van der Waals surface area contributed by atoms with E-state index in [4.69, 9.17) is 0 Å². The van der Waals surface area contributed by atoms with Gasteiger partial charge in [0.25, 0.3) is 0 Å². The van der Waals surface area contributed by atoms with Gasteiger partial charge in [0.15, 0.2) is 0 Å². The van der Waals surface area contributed by atoms with Gasteiger partial charge >= 0.3 is 5.69 Å². The summed E-state index contributed by atoms with van der Waals surface area (Å²) in [5.41, 5.74) is 2.46. The van der Waals surface area contributed by atoms with E-state index in [-0.39, 0.29) is 18.0 Å². The highest BCUT2D eigenvalue weighted by molar-refractivity contribution is 9.10. The van der Waals surface area contributed by atoms with E-state index in [1.807, 2.05) is 55.5 Å². The lowest BCUT2D eigenvalue weighted by molar-refractivity contribution is -0.116. The predicted molar refractivity (Wildman–Crippen MR) is 104 cm³/mol. The second-order valence-corrected chi connectivity index (χ2v) is 6.71. The lowest BCUT2D eigenvalue weighted by Gasteiger charge is -2.07. The van der Waals surface area contributed by atoms with Crippen LogP contribution in [0.1, 0.15) is 19.8 Å². The number of aryl methyl sites for hydroxylation is 2. The number of carbonyl (C=O) groups excluding carboxylic acids is 1. The Hall–Kier alpha value is -2.34. The molecule has 1 N–H and O–H groups in total. The third kappa shape index (κ3) is 3.69. The van der Waals surface area contributed by atoms with E-state index < -0.39 is 0 Å². The molecule has 0 atom stereocenters. The monoisotopic (exact) mass is 401 g/mol. The summed E-state index contributed by atoms with van der Waals surface area (Å²) < 4.78 is 4.30. The molecule has 0 saturated heterocycles. The first-order chi connectivity index (χ1) is 12.1. The van der Waals surface area contributed by atoms with Crippen LogP contribution in [-0.2, 0) is 17.9 Å². The van der Waals surface area contributed by atoms with Crippen molar-refractivity contribution < 1.29 is 4.79 Å². The average molecular weight is 402 g/mol. The normalized spacial score (nSPS) is 11.0. The van der Waals surface area contributed by atoms with Crippen LogP contribution in [0.4, 0.5) is 5.69 Å². The molecule has 0 aliphatic heterocycles. The van der Waals surface area contributed by atoms with E-state index in [9.17, 15) is 9.59 Å². The number of aromatic nitrogens is 2. The highest BCUT2D eigenvalue weighted by Gasteiger charge is 2.13. The van der Waals surface area contributed by atoms with E-state index in [0.29, 0.717) is 13.1 Å². The van der Waals surface area contributed by atoms with Crippen LogP contribution in [0.3, 0.4) is 0 Å². The van der Waals surface area contributed by atoms with Gasteiger partial charge in [-0.2, -0.15) is 0 Å². The third-order valence-corrected chi connectivity index (χ3v) is 4.77. The van der Waals surface area contributed by atoms with Crippen molar-refractivity contribution in [2.45, 2.75) is 32.9 Å². The molecule has 1 amide bonds. The first-order valence-electron chi connectivity index (χ1n) is 8.34. The maximum absolute atomic E-state index is 12.7. The number of benzene rings is 2. The van der Waals surface area contributed by atoms with Gasteiger partial charge in [-0.1, -0.05) is 31.2 Å². The molecule has 0 aliphatic carbocycles. The molecule has 0 aliphatic rings. The molecule has 6 heteroatoms. The van der Waals surface area contributed by atoms with Crippen molar-refractivity contribution in [2.75, 3.05) is 5.32 Å². The first-order valence-corrected chi connectivity index (χ1v) is 9.13. The molecule has 130 valence electrons. The van der Waals surface area contributed by atoms with Crippen molar-refractivity contribution in [3.05, 3.63) is 63.5 Å². The van der Waals surface area contributed by atoms with Crippen molar-refractivity contribution in [1.82, 2.24) is 9.13 Å². The smallest absolute Gasteiger partial charge is 0.325 e. The SMILES string of the molecule is CCCn1c(=O)n(CCC(=O)Nc2ccccc2Br)c2ccccc21. The zero-order chi connectivity index (χ0) is 17.8. The van der Waals surface area contributed by atoms with Crippen LogP contribution in [-0.4, -0.2) is 15.0 Å². The number of hydrogen-bond acceptors (Lipinski definition) is 2. The number of amides is 1. The lowest BCUT2D eigenvalue weighted by Crippen LogP contribution is -2.26. The van der Waals surface area contributed by atoms with Crippen LogP contribution in [0.2, 0.25) is 0 Å². The summed E-state index contributed by atoms with van der Waals surface area (Å²) in [6.45, 7) is 3.07. The molecule has 5 nitrogen and oxygen atoms in total. The van der Waals surface area contributed by atoms with Crippen LogP contribution >= 0.6 is 15.9 Å². The van der Waals surface area contributed by atoms with Gasteiger partial charge in [0.1, 0.15) is 0 Å². The molecule has 0 spiro atoms. The molecule has 0 saturated carbocycles. The molecule has 0 bridgehead atoms. The van der Waals surface area contributed by atoms with Gasteiger partial charge < -0.3 is 5.32 Å². The molecule has 1 aromatic heterocycles. The van der Waals surface area contributed by atoms with Crippen LogP contribution in [0.5, 0.6) is 0 Å². The van der Waals surface area contributed by atoms with Crippen molar-refractivity contribution >= 4 is 38.6 Å². The first kappa shape index (κ1) is 17.5. The fourth-order valence-electron chi connectivity index (χ4n) is 2.92. The van der Waals surface area contributed by atoms with Gasteiger partial charge in [0.05, 0.1) is 16.7 Å². The summed E-state index contributed by atoms with van der Waals surface area (Å²) >= 11 is 3.41. The van der Waals surface area contributed by atoms with Crippen molar-refractivity contribution in [1.29, 1.82) is 0 Å². The molecule has 3 aromatic rings. The molecule has 3 rings (SSSR count). The Bertz CT molecular complexity index is 959.